The molecule has 0 aliphatic rings. The number of nitrogens with two attached hydrogens (primary N) is 1. The highest BCUT2D eigenvalue weighted by molar-refractivity contribution is 5.52. The third-order valence-corrected chi connectivity index (χ3v) is 2.45. The third-order valence-electron chi connectivity index (χ3n) is 2.45. The molecule has 0 amide bonds. The van der Waals surface area contributed by atoms with Crippen molar-refractivity contribution in [2.24, 2.45) is 13.0 Å². The fourth-order valence-corrected chi connectivity index (χ4v) is 1.11. The smallest absolute Gasteiger partial charge is 0.236 e. The van der Waals surface area contributed by atoms with E-state index in [0.717, 1.165) is 5.69 Å². The van der Waals surface area contributed by atoms with Crippen molar-refractivity contribution in [3.8, 4) is 5.88 Å². The maximum Gasteiger partial charge on any atom is 0.236 e. The number of ether oxygens (including phenoxy) is 1. The van der Waals surface area contributed by atoms with Gasteiger partial charge in [-0.15, -0.1) is 0 Å². The van der Waals surface area contributed by atoms with E-state index in [-0.39, 0.29) is 6.10 Å². The first-order valence-electron chi connectivity index (χ1n) is 4.89. The van der Waals surface area contributed by atoms with Crippen molar-refractivity contribution < 1.29 is 4.74 Å². The lowest BCUT2D eigenvalue weighted by Crippen LogP contribution is -2.20. The van der Waals surface area contributed by atoms with Crippen molar-refractivity contribution in [1.82, 2.24) is 9.78 Å². The van der Waals surface area contributed by atoms with Gasteiger partial charge in [-0.2, -0.15) is 5.10 Å². The number of aromatic nitrogens is 2. The van der Waals surface area contributed by atoms with E-state index in [9.17, 15) is 0 Å². The van der Waals surface area contributed by atoms with Gasteiger partial charge < -0.3 is 10.5 Å². The fourth-order valence-electron chi connectivity index (χ4n) is 1.11. The van der Waals surface area contributed by atoms with Crippen molar-refractivity contribution in [2.75, 3.05) is 5.73 Å². The van der Waals surface area contributed by atoms with Crippen LogP contribution in [-0.4, -0.2) is 15.9 Å². The van der Waals surface area contributed by atoms with Gasteiger partial charge in [0.15, 0.2) is 0 Å². The van der Waals surface area contributed by atoms with E-state index >= 15 is 0 Å². The summed E-state index contributed by atoms with van der Waals surface area (Å²) in [7, 11) is 1.84. The predicted molar refractivity (Wildman–Crippen MR) is 57.3 cm³/mol. The number of rotatable bonds is 3. The lowest BCUT2D eigenvalue weighted by molar-refractivity contribution is 0.157. The highest BCUT2D eigenvalue weighted by Gasteiger charge is 2.16. The second kappa shape index (κ2) is 3.90. The van der Waals surface area contributed by atoms with E-state index in [0.29, 0.717) is 17.5 Å². The van der Waals surface area contributed by atoms with Crippen LogP contribution in [0.4, 0.5) is 5.69 Å². The Kier molecular flexibility index (Phi) is 3.03. The summed E-state index contributed by atoms with van der Waals surface area (Å²) in [6, 6.07) is 0. The molecule has 14 heavy (non-hydrogen) atoms. The quantitative estimate of drug-likeness (QED) is 0.803. The second-order valence-electron chi connectivity index (χ2n) is 3.99. The Morgan fingerprint density at radius 2 is 1.93 bits per heavy atom. The SMILES string of the molecule is Cc1nn(C)c(OC(C)C(C)C)c1N. The van der Waals surface area contributed by atoms with Crippen LogP contribution in [0.25, 0.3) is 0 Å². The summed E-state index contributed by atoms with van der Waals surface area (Å²) < 4.78 is 7.42. The molecule has 0 aliphatic heterocycles. The largest absolute Gasteiger partial charge is 0.473 e. The number of nitrogens with zero attached hydrogens (tertiary/aromatic N) is 2. The van der Waals surface area contributed by atoms with Crippen LogP contribution in [0.3, 0.4) is 0 Å². The van der Waals surface area contributed by atoms with Gasteiger partial charge in [-0.05, 0) is 19.8 Å². The predicted octanol–water partition coefficient (Wildman–Crippen LogP) is 1.73. The molecule has 1 heterocycles. The van der Waals surface area contributed by atoms with Gasteiger partial charge in [-0.25, -0.2) is 4.68 Å². The molecule has 0 radical (unpaired) electrons. The molecule has 1 aromatic rings. The van der Waals surface area contributed by atoms with Crippen LogP contribution in [0.1, 0.15) is 26.5 Å². The van der Waals surface area contributed by atoms with E-state index in [2.05, 4.69) is 18.9 Å². The second-order valence-corrected chi connectivity index (χ2v) is 3.99. The summed E-state index contributed by atoms with van der Waals surface area (Å²) in [4.78, 5) is 0. The first-order chi connectivity index (χ1) is 6.43. The lowest BCUT2D eigenvalue weighted by atomic mass is 10.1. The minimum Gasteiger partial charge on any atom is -0.473 e. The highest BCUT2D eigenvalue weighted by Crippen LogP contribution is 2.25. The van der Waals surface area contributed by atoms with Crippen LogP contribution >= 0.6 is 0 Å². The van der Waals surface area contributed by atoms with Crippen molar-refractivity contribution in [1.29, 1.82) is 0 Å². The van der Waals surface area contributed by atoms with Crippen LogP contribution < -0.4 is 10.5 Å². The van der Waals surface area contributed by atoms with E-state index in [1.807, 2.05) is 20.9 Å². The van der Waals surface area contributed by atoms with Gasteiger partial charge >= 0.3 is 0 Å². The van der Waals surface area contributed by atoms with Gasteiger partial charge in [-0.1, -0.05) is 13.8 Å². The Balaban J connectivity index is 2.86. The summed E-state index contributed by atoms with van der Waals surface area (Å²) >= 11 is 0. The molecule has 2 N–H and O–H groups in total. The molecule has 1 rings (SSSR count). The van der Waals surface area contributed by atoms with E-state index in [1.54, 1.807) is 4.68 Å². The van der Waals surface area contributed by atoms with E-state index < -0.39 is 0 Å². The van der Waals surface area contributed by atoms with Crippen molar-refractivity contribution in [3.05, 3.63) is 5.69 Å². The van der Waals surface area contributed by atoms with Gasteiger partial charge in [0.25, 0.3) is 0 Å². The molecule has 0 fully saturated rings. The highest BCUT2D eigenvalue weighted by atomic mass is 16.5. The van der Waals surface area contributed by atoms with E-state index in [4.69, 9.17) is 10.5 Å². The maximum absolute atomic E-state index is 5.84. The summed E-state index contributed by atoms with van der Waals surface area (Å²) in [6.07, 6.45) is 0.145. The van der Waals surface area contributed by atoms with Crippen LogP contribution in [0, 0.1) is 12.8 Å². The Labute approximate surface area is 85.0 Å². The van der Waals surface area contributed by atoms with E-state index in [1.165, 1.54) is 0 Å². The molecule has 1 atom stereocenters. The molecular weight excluding hydrogens is 178 g/mol. The maximum atomic E-state index is 5.84. The zero-order valence-electron chi connectivity index (χ0n) is 9.53. The molecule has 0 saturated heterocycles. The number of hydrogen-bond donors (Lipinski definition) is 1. The molecule has 0 aliphatic carbocycles. The average Bonchev–Trinajstić information content (AvgIpc) is 2.32. The molecular formula is C10H19N3O. The Morgan fingerprint density at radius 1 is 1.36 bits per heavy atom. The molecule has 0 saturated carbocycles. The summed E-state index contributed by atoms with van der Waals surface area (Å²) in [5.74, 6) is 1.13. The molecule has 1 aromatic heterocycles. The van der Waals surface area contributed by atoms with Crippen molar-refractivity contribution >= 4 is 5.69 Å². The van der Waals surface area contributed by atoms with Crippen molar-refractivity contribution in [2.45, 2.75) is 33.8 Å². The zero-order valence-corrected chi connectivity index (χ0v) is 9.53. The topological polar surface area (TPSA) is 53.1 Å². The van der Waals surface area contributed by atoms with Crippen molar-refractivity contribution in [3.63, 3.8) is 0 Å². The number of hydrogen-bond acceptors (Lipinski definition) is 3. The fraction of sp³-hybridized carbons (Fsp3) is 0.700. The number of anilines is 1. The number of nitrogen functional groups attached to an aromatic ring is 1. The molecule has 0 aromatic carbocycles. The average molecular weight is 197 g/mol. The first kappa shape index (κ1) is 10.9. The zero-order chi connectivity index (χ0) is 10.9. The Bertz CT molecular complexity index is 317. The molecule has 4 nitrogen and oxygen atoms in total. The molecule has 1 unspecified atom stereocenters. The monoisotopic (exact) mass is 197 g/mol. The molecule has 80 valence electrons. The van der Waals surface area contributed by atoms with Crippen LogP contribution in [0.5, 0.6) is 5.88 Å². The molecule has 0 bridgehead atoms. The van der Waals surface area contributed by atoms with Gasteiger partial charge in [-0.3, -0.25) is 0 Å². The molecule has 4 heteroatoms. The van der Waals surface area contributed by atoms with Gasteiger partial charge in [0, 0.05) is 7.05 Å². The Morgan fingerprint density at radius 3 is 2.29 bits per heavy atom. The van der Waals surface area contributed by atoms with Gasteiger partial charge in [0.1, 0.15) is 5.69 Å². The first-order valence-corrected chi connectivity index (χ1v) is 4.89. The standard InChI is InChI=1S/C10H19N3O/c1-6(2)8(4)14-10-9(11)7(3)12-13(10)5/h6,8H,11H2,1-5H3. The van der Waals surface area contributed by atoms with Gasteiger partial charge in [0.2, 0.25) is 5.88 Å². The van der Waals surface area contributed by atoms with Crippen LogP contribution in [0.2, 0.25) is 0 Å². The van der Waals surface area contributed by atoms with Crippen LogP contribution in [-0.2, 0) is 7.05 Å². The molecule has 0 spiro atoms. The normalized spacial score (nSPS) is 13.3. The third kappa shape index (κ3) is 2.00. The minimum absolute atomic E-state index is 0.145. The summed E-state index contributed by atoms with van der Waals surface area (Å²) in [5.41, 5.74) is 7.30. The van der Waals surface area contributed by atoms with Gasteiger partial charge in [0.05, 0.1) is 11.8 Å². The number of aryl methyl sites for hydroxylation is 2. The summed E-state index contributed by atoms with van der Waals surface area (Å²) in [5, 5.41) is 4.19. The Hall–Kier alpha value is -1.19. The van der Waals surface area contributed by atoms with Crippen LogP contribution in [0.15, 0.2) is 0 Å². The summed E-state index contributed by atoms with van der Waals surface area (Å²) in [6.45, 7) is 8.14. The minimum atomic E-state index is 0.145. The lowest BCUT2D eigenvalue weighted by Gasteiger charge is -2.18.